The van der Waals surface area contributed by atoms with Crippen molar-refractivity contribution in [3.05, 3.63) is 70.5 Å². The van der Waals surface area contributed by atoms with Gasteiger partial charge in [0.25, 0.3) is 5.91 Å². The Morgan fingerprint density at radius 3 is 2.34 bits per heavy atom. The lowest BCUT2D eigenvalue weighted by Gasteiger charge is -2.20. The Morgan fingerprint density at radius 1 is 1.03 bits per heavy atom. The lowest BCUT2D eigenvalue weighted by Crippen LogP contribution is -2.31. The third-order valence-corrected chi connectivity index (χ3v) is 6.85. The molecule has 0 aliphatic heterocycles. The van der Waals surface area contributed by atoms with E-state index in [2.05, 4.69) is 48.5 Å². The predicted octanol–water partition coefficient (Wildman–Crippen LogP) is 5.84. The van der Waals surface area contributed by atoms with Gasteiger partial charge in [-0.05, 0) is 48.1 Å². The Hall–Kier alpha value is -2.84. The van der Waals surface area contributed by atoms with Crippen molar-refractivity contribution in [2.45, 2.75) is 51.2 Å². The molecule has 1 aromatic heterocycles. The van der Waals surface area contributed by atoms with Crippen molar-refractivity contribution in [2.75, 3.05) is 11.1 Å². The van der Waals surface area contributed by atoms with Crippen LogP contribution in [-0.2, 0) is 11.8 Å². The van der Waals surface area contributed by atoms with Crippen molar-refractivity contribution in [3.63, 3.8) is 0 Å². The van der Waals surface area contributed by atoms with Crippen LogP contribution in [0.1, 0.15) is 67.8 Å². The highest BCUT2D eigenvalue weighted by molar-refractivity contribution is 7.99. The Kier molecular flexibility index (Phi) is 9.34. The number of rotatable bonds is 10. The van der Waals surface area contributed by atoms with Crippen LogP contribution >= 0.6 is 23.4 Å². The van der Waals surface area contributed by atoms with Crippen LogP contribution in [0.25, 0.3) is 0 Å². The number of carbonyl (C=O) groups excluding carboxylic acids is 2. The van der Waals surface area contributed by atoms with Gasteiger partial charge in [-0.2, -0.15) is 0 Å². The van der Waals surface area contributed by atoms with Gasteiger partial charge in [0, 0.05) is 12.7 Å². The third kappa shape index (κ3) is 7.32. The van der Waals surface area contributed by atoms with Crippen molar-refractivity contribution in [1.82, 2.24) is 20.1 Å². The van der Waals surface area contributed by atoms with Gasteiger partial charge in [-0.1, -0.05) is 75.3 Å². The summed E-state index contributed by atoms with van der Waals surface area (Å²) in [5, 5.41) is 15.6. The molecule has 0 spiro atoms. The van der Waals surface area contributed by atoms with Crippen molar-refractivity contribution >= 4 is 40.9 Å². The van der Waals surface area contributed by atoms with Crippen LogP contribution in [0, 0.1) is 5.92 Å². The molecule has 3 rings (SSSR count). The summed E-state index contributed by atoms with van der Waals surface area (Å²) in [7, 11) is 1.84. The highest BCUT2D eigenvalue weighted by Gasteiger charge is 2.24. The molecule has 0 aliphatic carbocycles. The van der Waals surface area contributed by atoms with Gasteiger partial charge in [0.05, 0.1) is 22.4 Å². The zero-order valence-corrected chi connectivity index (χ0v) is 22.3. The smallest absolute Gasteiger partial charge is 0.253 e. The molecular weight excluding hydrogens is 482 g/mol. The average molecular weight is 514 g/mol. The van der Waals surface area contributed by atoms with Gasteiger partial charge >= 0.3 is 0 Å². The van der Waals surface area contributed by atoms with Gasteiger partial charge in [0.2, 0.25) is 5.91 Å². The first kappa shape index (κ1) is 26.8. The van der Waals surface area contributed by atoms with Crippen molar-refractivity contribution in [3.8, 4) is 0 Å². The summed E-state index contributed by atoms with van der Waals surface area (Å²) < 4.78 is 1.83. The number of nitrogens with zero attached hydrogens (tertiary/aromatic N) is 3. The van der Waals surface area contributed by atoms with Crippen LogP contribution in [0.5, 0.6) is 0 Å². The molecule has 2 amide bonds. The molecule has 35 heavy (non-hydrogen) atoms. The van der Waals surface area contributed by atoms with E-state index >= 15 is 0 Å². The fourth-order valence-electron chi connectivity index (χ4n) is 3.62. The van der Waals surface area contributed by atoms with Crippen LogP contribution in [0.3, 0.4) is 0 Å². The normalized spacial score (nSPS) is 12.1. The number of hydrogen-bond acceptors (Lipinski definition) is 5. The van der Waals surface area contributed by atoms with E-state index in [-0.39, 0.29) is 23.6 Å². The number of carbonyl (C=O) groups is 2. The number of hydrogen-bond donors (Lipinski definition) is 2. The summed E-state index contributed by atoms with van der Waals surface area (Å²) >= 11 is 7.51. The molecule has 0 saturated carbocycles. The second kappa shape index (κ2) is 12.2. The Bertz CT molecular complexity index is 1160. The zero-order valence-electron chi connectivity index (χ0n) is 20.7. The maximum absolute atomic E-state index is 12.9. The average Bonchev–Trinajstić information content (AvgIpc) is 3.17. The monoisotopic (exact) mass is 513 g/mol. The van der Waals surface area contributed by atoms with Crippen LogP contribution in [0.15, 0.2) is 53.7 Å². The number of halogens is 1. The summed E-state index contributed by atoms with van der Waals surface area (Å²) in [5.41, 5.74) is 2.40. The highest BCUT2D eigenvalue weighted by atomic mass is 35.5. The molecule has 0 fully saturated rings. The lowest BCUT2D eigenvalue weighted by atomic mass is 10.0. The number of thioether (sulfide) groups is 1. The van der Waals surface area contributed by atoms with E-state index in [1.165, 1.54) is 17.3 Å². The van der Waals surface area contributed by atoms with Gasteiger partial charge < -0.3 is 15.2 Å². The topological polar surface area (TPSA) is 88.9 Å². The van der Waals surface area contributed by atoms with Gasteiger partial charge in [0.15, 0.2) is 11.0 Å². The molecule has 7 nitrogen and oxygen atoms in total. The molecule has 2 N–H and O–H groups in total. The molecule has 1 atom stereocenters. The first-order chi connectivity index (χ1) is 16.7. The Balaban J connectivity index is 1.66. The van der Waals surface area contributed by atoms with E-state index in [1.54, 1.807) is 24.3 Å². The molecule has 0 saturated heterocycles. The van der Waals surface area contributed by atoms with Gasteiger partial charge in [-0.15, -0.1) is 10.2 Å². The van der Waals surface area contributed by atoms with Crippen molar-refractivity contribution < 1.29 is 9.59 Å². The SMILES string of the molecule is CC(C)C[C@@H](NC(=O)c1ccccc1Cl)c1nnc(SCC(=O)Nc2ccc(C(C)C)cc2)n1C. The fourth-order valence-corrected chi connectivity index (χ4v) is 4.56. The third-order valence-electron chi connectivity index (χ3n) is 5.50. The molecule has 0 bridgehead atoms. The Morgan fingerprint density at radius 2 is 1.71 bits per heavy atom. The summed E-state index contributed by atoms with van der Waals surface area (Å²) in [5.74, 6) is 1.19. The van der Waals surface area contributed by atoms with Crippen molar-refractivity contribution in [1.29, 1.82) is 0 Å². The summed E-state index contributed by atoms with van der Waals surface area (Å²) in [4.78, 5) is 25.4. The largest absolute Gasteiger partial charge is 0.342 e. The summed E-state index contributed by atoms with van der Waals surface area (Å²) in [6, 6.07) is 14.5. The van der Waals surface area contributed by atoms with Gasteiger partial charge in [-0.3, -0.25) is 9.59 Å². The van der Waals surface area contributed by atoms with E-state index in [4.69, 9.17) is 11.6 Å². The number of amides is 2. The van der Waals surface area contributed by atoms with Crippen LogP contribution in [-0.4, -0.2) is 32.3 Å². The Labute approximate surface area is 216 Å². The standard InChI is InChI=1S/C26H32ClN5O2S/c1-16(2)14-22(29-25(34)20-8-6-7-9-21(20)27)24-30-31-26(32(24)5)35-15-23(33)28-19-12-10-18(11-13-19)17(3)4/h6-13,16-17,22H,14-15H2,1-5H3,(H,28,33)(H,29,34)/t22-/m1/s1. The quantitative estimate of drug-likeness (QED) is 0.332. The van der Waals surface area contributed by atoms with Gasteiger partial charge in [-0.25, -0.2) is 0 Å². The maximum Gasteiger partial charge on any atom is 0.253 e. The van der Waals surface area contributed by atoms with Gasteiger partial charge in [0.1, 0.15) is 0 Å². The number of anilines is 1. The molecule has 3 aromatic rings. The number of aromatic nitrogens is 3. The van der Waals surface area contributed by atoms with E-state index in [0.717, 1.165) is 5.69 Å². The molecule has 0 unspecified atom stereocenters. The second-order valence-corrected chi connectivity index (χ2v) is 10.5. The molecule has 186 valence electrons. The number of benzene rings is 2. The maximum atomic E-state index is 12.9. The molecule has 1 heterocycles. The van der Waals surface area contributed by atoms with Crippen LogP contribution < -0.4 is 10.6 Å². The van der Waals surface area contributed by atoms with E-state index in [0.29, 0.717) is 39.8 Å². The summed E-state index contributed by atoms with van der Waals surface area (Å²) in [6.45, 7) is 8.43. The fraction of sp³-hybridized carbons (Fsp3) is 0.385. The lowest BCUT2D eigenvalue weighted by molar-refractivity contribution is -0.113. The number of nitrogens with one attached hydrogen (secondary N) is 2. The molecule has 0 radical (unpaired) electrons. The minimum Gasteiger partial charge on any atom is -0.342 e. The minimum atomic E-state index is -0.348. The van der Waals surface area contributed by atoms with E-state index in [9.17, 15) is 9.59 Å². The van der Waals surface area contributed by atoms with Crippen molar-refractivity contribution in [2.24, 2.45) is 13.0 Å². The molecule has 9 heteroatoms. The molecular formula is C26H32ClN5O2S. The first-order valence-corrected chi connectivity index (χ1v) is 13.0. The van der Waals surface area contributed by atoms with Crippen LogP contribution in [0.2, 0.25) is 5.02 Å². The second-order valence-electron chi connectivity index (χ2n) is 9.15. The molecule has 0 aliphatic rings. The zero-order chi connectivity index (χ0) is 25.5. The molecule has 2 aromatic carbocycles. The predicted molar refractivity (Wildman–Crippen MR) is 142 cm³/mol. The first-order valence-electron chi connectivity index (χ1n) is 11.6. The summed E-state index contributed by atoms with van der Waals surface area (Å²) in [6.07, 6.45) is 0.680. The van der Waals surface area contributed by atoms with Crippen LogP contribution in [0.4, 0.5) is 5.69 Å². The minimum absolute atomic E-state index is 0.123. The van der Waals surface area contributed by atoms with E-state index < -0.39 is 0 Å². The highest BCUT2D eigenvalue weighted by Crippen LogP contribution is 2.25. The van der Waals surface area contributed by atoms with E-state index in [1.807, 2.05) is 35.9 Å².